The molecule has 0 bridgehead atoms. The summed E-state index contributed by atoms with van der Waals surface area (Å²) >= 11 is 7.16. The summed E-state index contributed by atoms with van der Waals surface area (Å²) in [6.45, 7) is 0. The second kappa shape index (κ2) is 5.59. The first-order valence-corrected chi connectivity index (χ1v) is 6.55. The molecule has 2 N–H and O–H groups in total. The molecular weight excluding hydrogens is 276 g/mol. The lowest BCUT2D eigenvalue weighted by Gasteiger charge is -2.07. The largest absolute Gasteiger partial charge is 0.398 e. The van der Waals surface area contributed by atoms with Gasteiger partial charge in [-0.05, 0) is 29.8 Å². The second-order valence-electron chi connectivity index (χ2n) is 3.68. The number of thioether (sulfide) groups is 1. The fourth-order valence-electron chi connectivity index (χ4n) is 1.45. The minimum atomic E-state index is -0.456. The van der Waals surface area contributed by atoms with Crippen LogP contribution < -0.4 is 5.73 Å². The molecule has 0 aliphatic rings. The molecule has 0 radical (unpaired) electrons. The molecule has 0 heterocycles. The minimum Gasteiger partial charge on any atom is -0.398 e. The standard InChI is InChI=1S/C13H10ClF2NS/c14-13-8(2-1-3-10(13)16)7-18-12-6-9(15)4-5-11(12)17/h1-6H,7,17H2. The van der Waals surface area contributed by atoms with E-state index in [0.717, 1.165) is 0 Å². The third kappa shape index (κ3) is 2.94. The van der Waals surface area contributed by atoms with Crippen LogP contribution in [0.25, 0.3) is 0 Å². The Morgan fingerprint density at radius 1 is 1.17 bits per heavy atom. The first kappa shape index (κ1) is 13.2. The van der Waals surface area contributed by atoms with Gasteiger partial charge in [0, 0.05) is 16.3 Å². The van der Waals surface area contributed by atoms with Gasteiger partial charge in [0.05, 0.1) is 5.02 Å². The molecular formula is C13H10ClF2NS. The van der Waals surface area contributed by atoms with Gasteiger partial charge in [0.2, 0.25) is 0 Å². The lowest BCUT2D eigenvalue weighted by atomic mass is 10.2. The highest BCUT2D eigenvalue weighted by Crippen LogP contribution is 2.31. The van der Waals surface area contributed by atoms with Crippen molar-refractivity contribution in [2.24, 2.45) is 0 Å². The number of benzene rings is 2. The Bertz CT molecular complexity index is 573. The van der Waals surface area contributed by atoms with Crippen LogP contribution in [0.5, 0.6) is 0 Å². The first-order chi connectivity index (χ1) is 8.58. The van der Waals surface area contributed by atoms with Gasteiger partial charge in [0.25, 0.3) is 0 Å². The zero-order valence-electron chi connectivity index (χ0n) is 9.29. The summed E-state index contributed by atoms with van der Waals surface area (Å²) in [4.78, 5) is 0.621. The van der Waals surface area contributed by atoms with Crippen LogP contribution in [0.4, 0.5) is 14.5 Å². The van der Waals surface area contributed by atoms with Gasteiger partial charge >= 0.3 is 0 Å². The molecule has 2 aromatic carbocycles. The maximum Gasteiger partial charge on any atom is 0.142 e. The molecule has 5 heteroatoms. The quantitative estimate of drug-likeness (QED) is 0.664. The van der Waals surface area contributed by atoms with Crippen molar-refractivity contribution in [2.45, 2.75) is 10.6 Å². The number of hydrogen-bond acceptors (Lipinski definition) is 2. The summed E-state index contributed by atoms with van der Waals surface area (Å²) in [5.74, 6) is -0.372. The molecule has 0 saturated heterocycles. The van der Waals surface area contributed by atoms with Crippen LogP contribution >= 0.6 is 23.4 Å². The normalized spacial score (nSPS) is 10.6. The molecule has 0 unspecified atom stereocenters. The molecule has 1 nitrogen and oxygen atoms in total. The lowest BCUT2D eigenvalue weighted by molar-refractivity contribution is 0.624. The zero-order chi connectivity index (χ0) is 13.1. The van der Waals surface area contributed by atoms with E-state index in [-0.39, 0.29) is 10.8 Å². The van der Waals surface area contributed by atoms with E-state index in [4.69, 9.17) is 17.3 Å². The summed E-state index contributed by atoms with van der Waals surface area (Å²) in [6.07, 6.45) is 0. The van der Waals surface area contributed by atoms with Crippen molar-refractivity contribution in [2.75, 3.05) is 5.73 Å². The third-order valence-electron chi connectivity index (χ3n) is 2.39. The fourth-order valence-corrected chi connectivity index (χ4v) is 2.70. The van der Waals surface area contributed by atoms with Crippen LogP contribution in [0, 0.1) is 11.6 Å². The van der Waals surface area contributed by atoms with Crippen molar-refractivity contribution >= 4 is 29.1 Å². The molecule has 0 aliphatic carbocycles. The molecule has 2 rings (SSSR count). The van der Waals surface area contributed by atoms with Gasteiger partial charge in [-0.3, -0.25) is 0 Å². The van der Waals surface area contributed by atoms with Crippen LogP contribution in [0.3, 0.4) is 0 Å². The van der Waals surface area contributed by atoms with Gasteiger partial charge in [-0.2, -0.15) is 0 Å². The van der Waals surface area contributed by atoms with Gasteiger partial charge in [0.15, 0.2) is 0 Å². The highest BCUT2D eigenvalue weighted by Gasteiger charge is 2.08. The van der Waals surface area contributed by atoms with Crippen molar-refractivity contribution in [3.05, 3.63) is 58.6 Å². The Kier molecular flexibility index (Phi) is 4.09. The smallest absolute Gasteiger partial charge is 0.142 e. The molecule has 0 aromatic heterocycles. The van der Waals surface area contributed by atoms with E-state index in [9.17, 15) is 8.78 Å². The van der Waals surface area contributed by atoms with Gasteiger partial charge in [0.1, 0.15) is 11.6 Å². The molecule has 0 aliphatic heterocycles. The van der Waals surface area contributed by atoms with Crippen molar-refractivity contribution in [1.29, 1.82) is 0 Å². The molecule has 0 spiro atoms. The predicted octanol–water partition coefficient (Wildman–Crippen LogP) is 4.49. The van der Waals surface area contributed by atoms with Crippen LogP contribution in [0.1, 0.15) is 5.56 Å². The van der Waals surface area contributed by atoms with E-state index in [1.54, 1.807) is 12.1 Å². The van der Waals surface area contributed by atoms with E-state index in [1.165, 1.54) is 36.0 Å². The van der Waals surface area contributed by atoms with E-state index < -0.39 is 5.82 Å². The summed E-state index contributed by atoms with van der Waals surface area (Å²) < 4.78 is 26.3. The maximum absolute atomic E-state index is 13.2. The van der Waals surface area contributed by atoms with E-state index in [1.807, 2.05) is 0 Å². The first-order valence-electron chi connectivity index (χ1n) is 5.18. The predicted molar refractivity (Wildman–Crippen MR) is 71.8 cm³/mol. The van der Waals surface area contributed by atoms with Crippen LogP contribution in [-0.4, -0.2) is 0 Å². The van der Waals surface area contributed by atoms with Gasteiger partial charge in [-0.1, -0.05) is 23.7 Å². The molecule has 0 atom stereocenters. The summed E-state index contributed by atoms with van der Waals surface area (Å²) in [6, 6.07) is 8.78. The van der Waals surface area contributed by atoms with Gasteiger partial charge in [-0.25, -0.2) is 8.78 Å². The van der Waals surface area contributed by atoms with Gasteiger partial charge < -0.3 is 5.73 Å². The van der Waals surface area contributed by atoms with E-state index in [0.29, 0.717) is 21.9 Å². The number of anilines is 1. The van der Waals surface area contributed by atoms with Crippen LogP contribution in [-0.2, 0) is 5.75 Å². The average molecular weight is 286 g/mol. The van der Waals surface area contributed by atoms with Crippen molar-refractivity contribution in [1.82, 2.24) is 0 Å². The lowest BCUT2D eigenvalue weighted by Crippen LogP contribution is -1.91. The minimum absolute atomic E-state index is 0.0972. The van der Waals surface area contributed by atoms with Gasteiger partial charge in [-0.15, -0.1) is 11.8 Å². The summed E-state index contributed by atoms with van der Waals surface area (Å²) in [5, 5.41) is 0.0972. The maximum atomic E-state index is 13.2. The fraction of sp³-hybridized carbons (Fsp3) is 0.0769. The number of nitrogen functional groups attached to an aromatic ring is 1. The Balaban J connectivity index is 2.16. The zero-order valence-corrected chi connectivity index (χ0v) is 10.9. The van der Waals surface area contributed by atoms with Crippen molar-refractivity contribution in [3.63, 3.8) is 0 Å². The number of hydrogen-bond donors (Lipinski definition) is 1. The average Bonchev–Trinajstić information content (AvgIpc) is 2.35. The van der Waals surface area contributed by atoms with Crippen LogP contribution in [0.2, 0.25) is 5.02 Å². The van der Waals surface area contributed by atoms with E-state index >= 15 is 0 Å². The van der Waals surface area contributed by atoms with E-state index in [2.05, 4.69) is 0 Å². The van der Waals surface area contributed by atoms with Crippen molar-refractivity contribution < 1.29 is 8.78 Å². The monoisotopic (exact) mass is 285 g/mol. The summed E-state index contributed by atoms with van der Waals surface area (Å²) in [5.41, 5.74) is 6.88. The molecule has 0 saturated carbocycles. The molecule has 0 fully saturated rings. The third-order valence-corrected chi connectivity index (χ3v) is 3.93. The topological polar surface area (TPSA) is 26.0 Å². The van der Waals surface area contributed by atoms with Crippen LogP contribution in [0.15, 0.2) is 41.3 Å². The molecule has 2 aromatic rings. The number of halogens is 3. The molecule has 0 amide bonds. The number of rotatable bonds is 3. The van der Waals surface area contributed by atoms with Crippen molar-refractivity contribution in [3.8, 4) is 0 Å². The highest BCUT2D eigenvalue weighted by molar-refractivity contribution is 7.98. The Hall–Kier alpha value is -1.26. The Labute approximate surface area is 113 Å². The summed E-state index contributed by atoms with van der Waals surface area (Å²) in [7, 11) is 0. The number of nitrogens with two attached hydrogens (primary N) is 1. The second-order valence-corrected chi connectivity index (χ2v) is 5.08. The Morgan fingerprint density at radius 2 is 1.94 bits per heavy atom. The SMILES string of the molecule is Nc1ccc(F)cc1SCc1cccc(F)c1Cl. The molecule has 94 valence electrons. The highest BCUT2D eigenvalue weighted by atomic mass is 35.5. The Morgan fingerprint density at radius 3 is 2.72 bits per heavy atom. The molecule has 18 heavy (non-hydrogen) atoms.